The van der Waals surface area contributed by atoms with Crippen molar-refractivity contribution in [1.29, 1.82) is 0 Å². The van der Waals surface area contributed by atoms with E-state index in [1.807, 2.05) is 17.4 Å². The van der Waals surface area contributed by atoms with Crippen molar-refractivity contribution < 1.29 is 5.11 Å². The van der Waals surface area contributed by atoms with Crippen molar-refractivity contribution in [2.24, 2.45) is 0 Å². The van der Waals surface area contributed by atoms with Crippen LogP contribution >= 0.6 is 11.3 Å². The molecule has 2 aromatic heterocycles. The first-order valence-corrected chi connectivity index (χ1v) is 6.60. The second-order valence-electron chi connectivity index (χ2n) is 4.20. The summed E-state index contributed by atoms with van der Waals surface area (Å²) in [5.74, 6) is 0. The van der Waals surface area contributed by atoms with E-state index in [-0.39, 0.29) is 6.61 Å². The van der Waals surface area contributed by atoms with E-state index in [9.17, 15) is 5.11 Å². The number of hydrogen-bond acceptors (Lipinski definition) is 4. The van der Waals surface area contributed by atoms with Gasteiger partial charge in [-0.3, -0.25) is 4.98 Å². The van der Waals surface area contributed by atoms with Crippen LogP contribution in [0.1, 0.15) is 16.0 Å². The highest BCUT2D eigenvalue weighted by molar-refractivity contribution is 7.10. The summed E-state index contributed by atoms with van der Waals surface area (Å²) in [5, 5.41) is 11.5. The molecule has 0 amide bonds. The Morgan fingerprint density at radius 2 is 2.35 bits per heavy atom. The Kier molecular flexibility index (Phi) is 2.82. The average molecular weight is 246 g/mol. The summed E-state index contributed by atoms with van der Waals surface area (Å²) in [4.78, 5) is 7.88. The average Bonchev–Trinajstić information content (AvgIpc) is 2.85. The van der Waals surface area contributed by atoms with Gasteiger partial charge in [0.1, 0.15) is 0 Å². The Morgan fingerprint density at radius 1 is 1.41 bits per heavy atom. The number of aromatic nitrogens is 1. The molecule has 1 aliphatic rings. The molecular formula is C13H14N2OS. The van der Waals surface area contributed by atoms with Crippen LogP contribution < -0.4 is 4.90 Å². The first kappa shape index (κ1) is 10.7. The number of aliphatic hydroxyl groups excluding tert-OH is 1. The van der Waals surface area contributed by atoms with Crippen molar-refractivity contribution in [3.63, 3.8) is 0 Å². The molecule has 0 unspecified atom stereocenters. The predicted molar refractivity (Wildman–Crippen MR) is 69.2 cm³/mol. The van der Waals surface area contributed by atoms with Gasteiger partial charge in [-0.05, 0) is 29.5 Å². The molecule has 17 heavy (non-hydrogen) atoms. The maximum Gasteiger partial charge on any atom is 0.0717 e. The third-order valence-corrected chi connectivity index (χ3v) is 4.22. The van der Waals surface area contributed by atoms with E-state index >= 15 is 0 Å². The summed E-state index contributed by atoms with van der Waals surface area (Å²) >= 11 is 1.84. The second-order valence-corrected chi connectivity index (χ2v) is 5.20. The Hall–Kier alpha value is -1.39. The molecular weight excluding hydrogens is 232 g/mol. The van der Waals surface area contributed by atoms with Crippen molar-refractivity contribution >= 4 is 17.0 Å². The molecule has 1 aliphatic heterocycles. The minimum atomic E-state index is 0.0518. The van der Waals surface area contributed by atoms with Crippen LogP contribution in [-0.2, 0) is 19.6 Å². The zero-order valence-corrected chi connectivity index (χ0v) is 10.3. The molecule has 3 nitrogen and oxygen atoms in total. The van der Waals surface area contributed by atoms with Crippen LogP contribution in [0.5, 0.6) is 0 Å². The fourth-order valence-electron chi connectivity index (χ4n) is 2.30. The smallest absolute Gasteiger partial charge is 0.0717 e. The fraction of sp³-hybridized carbons (Fsp3) is 0.308. The molecule has 0 saturated heterocycles. The summed E-state index contributed by atoms with van der Waals surface area (Å²) in [6, 6.07) is 4.19. The Morgan fingerprint density at radius 3 is 3.24 bits per heavy atom. The topological polar surface area (TPSA) is 36.4 Å². The Labute approximate surface area is 104 Å². The van der Waals surface area contributed by atoms with Gasteiger partial charge in [-0.1, -0.05) is 0 Å². The highest BCUT2D eigenvalue weighted by Crippen LogP contribution is 2.29. The van der Waals surface area contributed by atoms with E-state index in [2.05, 4.69) is 21.3 Å². The van der Waals surface area contributed by atoms with Crippen LogP contribution in [0.2, 0.25) is 0 Å². The number of fused-ring (bicyclic) bond motifs is 1. The molecule has 0 aromatic carbocycles. The van der Waals surface area contributed by atoms with Crippen molar-refractivity contribution in [3.8, 4) is 0 Å². The van der Waals surface area contributed by atoms with Gasteiger partial charge in [0, 0.05) is 41.6 Å². The quantitative estimate of drug-likeness (QED) is 0.882. The molecule has 0 radical (unpaired) electrons. The zero-order chi connectivity index (χ0) is 11.7. The van der Waals surface area contributed by atoms with E-state index in [1.165, 1.54) is 10.4 Å². The molecule has 0 spiro atoms. The molecule has 0 bridgehead atoms. The third kappa shape index (κ3) is 1.94. The van der Waals surface area contributed by atoms with Gasteiger partial charge in [-0.25, -0.2) is 0 Å². The van der Waals surface area contributed by atoms with Crippen LogP contribution in [0.25, 0.3) is 0 Å². The lowest BCUT2D eigenvalue weighted by atomic mass is 10.1. The molecule has 0 aliphatic carbocycles. The Balaban J connectivity index is 1.91. The molecule has 0 fully saturated rings. The van der Waals surface area contributed by atoms with Crippen LogP contribution in [-0.4, -0.2) is 16.6 Å². The summed E-state index contributed by atoms with van der Waals surface area (Å²) in [6.07, 6.45) is 4.64. The number of nitrogens with zero attached hydrogens (tertiary/aromatic N) is 2. The standard InChI is InChI=1S/C13H14N2OS/c16-9-11-7-14-4-1-12(11)15-5-2-13-10(8-15)3-6-17-13/h1,3-4,6-7,16H,2,5,8-9H2. The second kappa shape index (κ2) is 4.47. The summed E-state index contributed by atoms with van der Waals surface area (Å²) in [5.41, 5.74) is 3.44. The maximum absolute atomic E-state index is 9.34. The summed E-state index contributed by atoms with van der Waals surface area (Å²) < 4.78 is 0. The van der Waals surface area contributed by atoms with Gasteiger partial charge >= 0.3 is 0 Å². The lowest BCUT2D eigenvalue weighted by Gasteiger charge is -2.30. The number of anilines is 1. The summed E-state index contributed by atoms with van der Waals surface area (Å²) in [7, 11) is 0. The minimum absolute atomic E-state index is 0.0518. The van der Waals surface area contributed by atoms with E-state index in [0.29, 0.717) is 0 Å². The van der Waals surface area contributed by atoms with Crippen molar-refractivity contribution in [3.05, 3.63) is 45.9 Å². The van der Waals surface area contributed by atoms with Crippen LogP contribution in [0, 0.1) is 0 Å². The number of aliphatic hydroxyl groups is 1. The third-order valence-electron chi connectivity index (χ3n) is 3.20. The van der Waals surface area contributed by atoms with Gasteiger partial charge in [-0.2, -0.15) is 0 Å². The molecule has 1 N–H and O–H groups in total. The van der Waals surface area contributed by atoms with E-state index < -0.39 is 0 Å². The monoisotopic (exact) mass is 246 g/mol. The molecule has 4 heteroatoms. The molecule has 0 saturated carbocycles. The Bertz CT molecular complexity index is 524. The normalized spacial score (nSPS) is 14.8. The lowest BCUT2D eigenvalue weighted by molar-refractivity contribution is 0.281. The van der Waals surface area contributed by atoms with E-state index in [0.717, 1.165) is 30.8 Å². The minimum Gasteiger partial charge on any atom is -0.392 e. The van der Waals surface area contributed by atoms with Crippen molar-refractivity contribution in [2.45, 2.75) is 19.6 Å². The van der Waals surface area contributed by atoms with Gasteiger partial charge in [0.15, 0.2) is 0 Å². The largest absolute Gasteiger partial charge is 0.392 e. The van der Waals surface area contributed by atoms with Gasteiger partial charge in [0.25, 0.3) is 0 Å². The predicted octanol–water partition coefficient (Wildman–Crippen LogP) is 2.20. The van der Waals surface area contributed by atoms with E-state index in [1.54, 1.807) is 12.4 Å². The highest BCUT2D eigenvalue weighted by Gasteiger charge is 2.19. The van der Waals surface area contributed by atoms with Crippen LogP contribution in [0.4, 0.5) is 5.69 Å². The van der Waals surface area contributed by atoms with Crippen LogP contribution in [0.15, 0.2) is 29.9 Å². The number of thiophene rings is 1. The molecule has 3 rings (SSSR count). The van der Waals surface area contributed by atoms with Gasteiger partial charge < -0.3 is 10.0 Å². The molecule has 3 heterocycles. The zero-order valence-electron chi connectivity index (χ0n) is 9.47. The molecule has 0 atom stereocenters. The number of pyridine rings is 1. The van der Waals surface area contributed by atoms with Crippen molar-refractivity contribution in [2.75, 3.05) is 11.4 Å². The number of rotatable bonds is 2. The van der Waals surface area contributed by atoms with E-state index in [4.69, 9.17) is 0 Å². The highest BCUT2D eigenvalue weighted by atomic mass is 32.1. The number of hydrogen-bond donors (Lipinski definition) is 1. The maximum atomic E-state index is 9.34. The van der Waals surface area contributed by atoms with Gasteiger partial charge in [-0.15, -0.1) is 11.3 Å². The van der Waals surface area contributed by atoms with Crippen molar-refractivity contribution in [1.82, 2.24) is 4.98 Å². The molecule has 2 aromatic rings. The SMILES string of the molecule is OCc1cnccc1N1CCc2sccc2C1. The summed E-state index contributed by atoms with van der Waals surface area (Å²) in [6.45, 7) is 2.01. The first-order chi connectivity index (χ1) is 8.38. The van der Waals surface area contributed by atoms with Crippen LogP contribution in [0.3, 0.4) is 0 Å². The van der Waals surface area contributed by atoms with Gasteiger partial charge in [0.05, 0.1) is 6.61 Å². The molecule has 88 valence electrons. The first-order valence-electron chi connectivity index (χ1n) is 5.72. The van der Waals surface area contributed by atoms with Gasteiger partial charge in [0.2, 0.25) is 0 Å². The fourth-order valence-corrected chi connectivity index (χ4v) is 3.19. The lowest BCUT2D eigenvalue weighted by Crippen LogP contribution is -2.30.